The number of hydrogen-bond acceptors (Lipinski definition) is 1. The highest BCUT2D eigenvalue weighted by Gasteiger charge is 2.00. The molecular formula is C15H26ClN. The van der Waals surface area contributed by atoms with E-state index in [0.717, 1.165) is 5.70 Å². The van der Waals surface area contributed by atoms with Crippen molar-refractivity contribution in [1.29, 1.82) is 0 Å². The smallest absolute Gasteiger partial charge is 0.101 e. The SMILES string of the molecule is C=C(Cl)N(C)C(/C=C\C(C)=C/C)=C\C.CCC. The van der Waals surface area contributed by atoms with Gasteiger partial charge in [-0.3, -0.25) is 0 Å². The van der Waals surface area contributed by atoms with Gasteiger partial charge in [-0.2, -0.15) is 0 Å². The van der Waals surface area contributed by atoms with Gasteiger partial charge in [0.15, 0.2) is 0 Å². The van der Waals surface area contributed by atoms with Crippen LogP contribution >= 0.6 is 11.6 Å². The molecule has 0 aromatic carbocycles. The maximum Gasteiger partial charge on any atom is 0.101 e. The third-order valence-corrected chi connectivity index (χ3v) is 2.27. The van der Waals surface area contributed by atoms with Crippen molar-refractivity contribution < 1.29 is 0 Å². The van der Waals surface area contributed by atoms with Gasteiger partial charge in [0.25, 0.3) is 0 Å². The van der Waals surface area contributed by atoms with Gasteiger partial charge >= 0.3 is 0 Å². The molecule has 0 unspecified atom stereocenters. The highest BCUT2D eigenvalue weighted by Crippen LogP contribution is 2.13. The van der Waals surface area contributed by atoms with Gasteiger partial charge in [-0.1, -0.05) is 62.2 Å². The molecule has 1 nitrogen and oxygen atoms in total. The Labute approximate surface area is 112 Å². The average Bonchev–Trinajstić information content (AvgIpc) is 2.30. The summed E-state index contributed by atoms with van der Waals surface area (Å²) in [4.78, 5) is 1.83. The van der Waals surface area contributed by atoms with E-state index in [1.165, 1.54) is 12.0 Å². The van der Waals surface area contributed by atoms with Crippen molar-refractivity contribution in [3.05, 3.63) is 47.3 Å². The molecule has 0 fully saturated rings. The predicted octanol–water partition coefficient (Wildman–Crippen LogP) is 5.47. The fourth-order valence-electron chi connectivity index (χ4n) is 0.855. The van der Waals surface area contributed by atoms with E-state index < -0.39 is 0 Å². The van der Waals surface area contributed by atoms with Gasteiger partial charge in [0.2, 0.25) is 0 Å². The number of rotatable bonds is 4. The quantitative estimate of drug-likeness (QED) is 0.476. The van der Waals surface area contributed by atoms with Crippen LogP contribution in [0.4, 0.5) is 0 Å². The van der Waals surface area contributed by atoms with Gasteiger partial charge in [-0.05, 0) is 26.8 Å². The zero-order valence-corrected chi connectivity index (χ0v) is 12.8. The minimum atomic E-state index is 0.515. The van der Waals surface area contributed by atoms with Gasteiger partial charge in [0.1, 0.15) is 5.16 Å². The van der Waals surface area contributed by atoms with Crippen LogP contribution in [0.5, 0.6) is 0 Å². The van der Waals surface area contributed by atoms with Crippen LogP contribution in [0.3, 0.4) is 0 Å². The van der Waals surface area contributed by atoms with Crippen LogP contribution in [0.1, 0.15) is 41.0 Å². The molecule has 98 valence electrons. The molecule has 0 aliphatic rings. The van der Waals surface area contributed by atoms with Crippen molar-refractivity contribution in [2.24, 2.45) is 0 Å². The lowest BCUT2D eigenvalue weighted by molar-refractivity contribution is 0.572. The van der Waals surface area contributed by atoms with Crippen molar-refractivity contribution in [2.45, 2.75) is 41.0 Å². The fraction of sp³-hybridized carbons (Fsp3) is 0.467. The minimum Gasteiger partial charge on any atom is -0.336 e. The molecule has 0 amide bonds. The Morgan fingerprint density at radius 3 is 1.94 bits per heavy atom. The molecule has 0 atom stereocenters. The molecular weight excluding hydrogens is 230 g/mol. The van der Waals surface area contributed by atoms with Gasteiger partial charge in [-0.25, -0.2) is 0 Å². The fourth-order valence-corrected chi connectivity index (χ4v) is 0.952. The van der Waals surface area contributed by atoms with Crippen LogP contribution in [0.2, 0.25) is 0 Å². The first-order valence-electron chi connectivity index (χ1n) is 5.99. The zero-order chi connectivity index (χ0) is 13.8. The van der Waals surface area contributed by atoms with E-state index in [1.807, 2.05) is 44.0 Å². The average molecular weight is 256 g/mol. The minimum absolute atomic E-state index is 0.515. The molecule has 0 aromatic heterocycles. The van der Waals surface area contributed by atoms with Gasteiger partial charge in [0, 0.05) is 12.7 Å². The van der Waals surface area contributed by atoms with Crippen LogP contribution in [0, 0.1) is 0 Å². The number of halogens is 1. The van der Waals surface area contributed by atoms with Gasteiger partial charge < -0.3 is 4.90 Å². The zero-order valence-electron chi connectivity index (χ0n) is 12.0. The first-order valence-corrected chi connectivity index (χ1v) is 6.37. The van der Waals surface area contributed by atoms with Crippen LogP contribution in [-0.4, -0.2) is 11.9 Å². The van der Waals surface area contributed by atoms with Crippen molar-refractivity contribution >= 4 is 11.6 Å². The maximum absolute atomic E-state index is 5.79. The maximum atomic E-state index is 5.79. The second-order valence-electron chi connectivity index (χ2n) is 3.72. The van der Waals surface area contributed by atoms with Crippen LogP contribution in [-0.2, 0) is 0 Å². The third kappa shape index (κ3) is 9.95. The molecule has 0 saturated heterocycles. The number of allylic oxidation sites excluding steroid dienone is 5. The number of hydrogen-bond donors (Lipinski definition) is 0. The molecule has 2 heteroatoms. The summed E-state index contributed by atoms with van der Waals surface area (Å²) in [6, 6.07) is 0. The van der Waals surface area contributed by atoms with Crippen LogP contribution in [0.25, 0.3) is 0 Å². The lowest BCUT2D eigenvalue weighted by Gasteiger charge is -2.17. The first-order chi connectivity index (χ1) is 7.94. The molecule has 0 bridgehead atoms. The second-order valence-corrected chi connectivity index (χ2v) is 4.16. The van der Waals surface area contributed by atoms with Crippen molar-refractivity contribution in [1.82, 2.24) is 4.90 Å². The Balaban J connectivity index is 0. The summed E-state index contributed by atoms with van der Waals surface area (Å²) in [6.07, 6.45) is 9.36. The topological polar surface area (TPSA) is 3.24 Å². The molecule has 0 aromatic rings. The molecule has 0 radical (unpaired) electrons. The van der Waals surface area contributed by atoms with E-state index in [0.29, 0.717) is 5.16 Å². The third-order valence-electron chi connectivity index (χ3n) is 2.02. The summed E-state index contributed by atoms with van der Waals surface area (Å²) in [5.41, 5.74) is 2.25. The van der Waals surface area contributed by atoms with E-state index in [2.05, 4.69) is 33.4 Å². The normalized spacial score (nSPS) is 12.2. The standard InChI is InChI=1S/C12H18ClN.C3H8/c1-6-10(3)8-9-12(7-2)14(5)11(4)13;1-3-2/h6-9H,4H2,1-3,5H3;3H2,1-2H3/b9-8-,10-6-,12-7-;. The van der Waals surface area contributed by atoms with E-state index in [-0.39, 0.29) is 0 Å². The van der Waals surface area contributed by atoms with Crippen LogP contribution in [0.15, 0.2) is 47.3 Å². The van der Waals surface area contributed by atoms with Crippen molar-refractivity contribution in [2.75, 3.05) is 7.05 Å². The summed E-state index contributed by atoms with van der Waals surface area (Å²) in [6.45, 7) is 14.0. The highest BCUT2D eigenvalue weighted by atomic mass is 35.5. The van der Waals surface area contributed by atoms with Gasteiger partial charge in [-0.15, -0.1) is 0 Å². The predicted molar refractivity (Wildman–Crippen MR) is 81.0 cm³/mol. The Kier molecular flexibility index (Phi) is 12.5. The first kappa shape index (κ1) is 18.4. The number of nitrogens with zero attached hydrogens (tertiary/aromatic N) is 1. The molecule has 0 heterocycles. The Morgan fingerprint density at radius 1 is 1.18 bits per heavy atom. The van der Waals surface area contributed by atoms with Crippen molar-refractivity contribution in [3.8, 4) is 0 Å². The largest absolute Gasteiger partial charge is 0.336 e. The lowest BCUT2D eigenvalue weighted by atomic mass is 10.2. The molecule has 0 aliphatic heterocycles. The molecule has 0 saturated carbocycles. The Bertz CT molecular complexity index is 298. The lowest BCUT2D eigenvalue weighted by Crippen LogP contribution is -2.11. The molecule has 0 spiro atoms. The van der Waals surface area contributed by atoms with E-state index in [9.17, 15) is 0 Å². The summed E-state index contributed by atoms with van der Waals surface area (Å²) >= 11 is 5.79. The summed E-state index contributed by atoms with van der Waals surface area (Å²) < 4.78 is 0. The summed E-state index contributed by atoms with van der Waals surface area (Å²) in [7, 11) is 1.89. The summed E-state index contributed by atoms with van der Waals surface area (Å²) in [5.74, 6) is 0. The van der Waals surface area contributed by atoms with E-state index in [1.54, 1.807) is 0 Å². The monoisotopic (exact) mass is 255 g/mol. The highest BCUT2D eigenvalue weighted by molar-refractivity contribution is 6.28. The molecule has 17 heavy (non-hydrogen) atoms. The Morgan fingerprint density at radius 2 is 1.65 bits per heavy atom. The summed E-state index contributed by atoms with van der Waals surface area (Å²) in [5, 5.41) is 0.515. The van der Waals surface area contributed by atoms with Crippen LogP contribution < -0.4 is 0 Å². The molecule has 0 rings (SSSR count). The number of likely N-dealkylation sites (N-methyl/N-ethyl adjacent to an activating group) is 1. The second kappa shape index (κ2) is 11.5. The molecule has 0 N–H and O–H groups in total. The van der Waals surface area contributed by atoms with E-state index in [4.69, 9.17) is 11.6 Å². The molecule has 0 aliphatic carbocycles. The van der Waals surface area contributed by atoms with Gasteiger partial charge in [0.05, 0.1) is 0 Å². The Hall–Kier alpha value is -0.950. The van der Waals surface area contributed by atoms with Crippen molar-refractivity contribution in [3.63, 3.8) is 0 Å². The van der Waals surface area contributed by atoms with E-state index >= 15 is 0 Å².